The number of urea groups is 1. The molecule has 0 saturated carbocycles. The Hall–Kier alpha value is -3.42. The predicted octanol–water partition coefficient (Wildman–Crippen LogP) is 4.03. The molecule has 8 nitrogen and oxygen atoms in total. The van der Waals surface area contributed by atoms with Gasteiger partial charge in [-0.15, -0.1) is 0 Å². The second-order valence-electron chi connectivity index (χ2n) is 8.43. The van der Waals surface area contributed by atoms with Crippen LogP contribution in [0.3, 0.4) is 0 Å². The molecule has 0 spiro atoms. The van der Waals surface area contributed by atoms with Crippen LogP contribution in [0.1, 0.15) is 45.7 Å². The van der Waals surface area contributed by atoms with Crippen LogP contribution in [0.4, 0.5) is 10.6 Å². The average Bonchev–Trinajstić information content (AvgIpc) is 3.04. The lowest BCUT2D eigenvalue weighted by atomic mass is 9.96. The Bertz CT molecular complexity index is 1050. The molecule has 3 amide bonds. The normalized spacial score (nSPS) is 11.5. The number of carbonyl (C=O) groups excluding carboxylic acids is 2. The highest BCUT2D eigenvalue weighted by Gasteiger charge is 2.23. The van der Waals surface area contributed by atoms with Crippen LogP contribution in [0, 0.1) is 5.41 Å². The number of imide groups is 1. The fourth-order valence-electron chi connectivity index (χ4n) is 2.78. The van der Waals surface area contributed by atoms with Crippen molar-refractivity contribution in [2.75, 3.05) is 5.32 Å². The summed E-state index contributed by atoms with van der Waals surface area (Å²) in [4.78, 5) is 35.7. The summed E-state index contributed by atoms with van der Waals surface area (Å²) in [6.45, 7) is 9.16. The molecule has 8 heteroatoms. The molecule has 3 aromatic heterocycles. The van der Waals surface area contributed by atoms with Gasteiger partial charge in [-0.3, -0.25) is 15.4 Å². The Morgan fingerprint density at radius 2 is 1.93 bits per heavy atom. The SMILES string of the molecule is CC(C)Oc1cnc2[nH]cc(Cc3ccc(NC(=O)NC(=O)C(C)(C)C)nc3)c2c1. The molecule has 0 aliphatic heterocycles. The summed E-state index contributed by atoms with van der Waals surface area (Å²) in [5.41, 5.74) is 2.20. The summed E-state index contributed by atoms with van der Waals surface area (Å²) >= 11 is 0. The zero-order chi connectivity index (χ0) is 21.9. The minimum atomic E-state index is -0.650. The number of nitrogens with one attached hydrogen (secondary N) is 3. The van der Waals surface area contributed by atoms with Gasteiger partial charge in [-0.1, -0.05) is 26.8 Å². The largest absolute Gasteiger partial charge is 0.489 e. The van der Waals surface area contributed by atoms with E-state index >= 15 is 0 Å². The molecule has 3 heterocycles. The van der Waals surface area contributed by atoms with E-state index in [1.807, 2.05) is 32.2 Å². The van der Waals surface area contributed by atoms with E-state index < -0.39 is 11.4 Å². The topological polar surface area (TPSA) is 109 Å². The number of pyridine rings is 2. The number of aromatic amines is 1. The van der Waals surface area contributed by atoms with Crippen LogP contribution in [0.25, 0.3) is 11.0 Å². The van der Waals surface area contributed by atoms with Crippen molar-refractivity contribution in [1.29, 1.82) is 0 Å². The lowest BCUT2D eigenvalue weighted by molar-refractivity contribution is -0.127. The van der Waals surface area contributed by atoms with Crippen LogP contribution in [-0.2, 0) is 11.2 Å². The van der Waals surface area contributed by atoms with Gasteiger partial charge >= 0.3 is 6.03 Å². The van der Waals surface area contributed by atoms with Crippen molar-refractivity contribution < 1.29 is 14.3 Å². The van der Waals surface area contributed by atoms with E-state index in [0.717, 1.165) is 27.9 Å². The van der Waals surface area contributed by atoms with Gasteiger partial charge < -0.3 is 9.72 Å². The number of aromatic nitrogens is 3. The highest BCUT2D eigenvalue weighted by molar-refractivity contribution is 6.02. The number of fused-ring (bicyclic) bond motifs is 1. The maximum atomic E-state index is 12.0. The minimum Gasteiger partial charge on any atom is -0.489 e. The molecular weight excluding hydrogens is 382 g/mol. The van der Waals surface area contributed by atoms with Gasteiger partial charge in [0.1, 0.15) is 17.2 Å². The van der Waals surface area contributed by atoms with Crippen molar-refractivity contribution >= 4 is 28.8 Å². The van der Waals surface area contributed by atoms with Gasteiger partial charge in [0.15, 0.2) is 0 Å². The molecule has 0 aliphatic rings. The maximum absolute atomic E-state index is 12.0. The van der Waals surface area contributed by atoms with Gasteiger partial charge in [0.05, 0.1) is 12.3 Å². The van der Waals surface area contributed by atoms with Gasteiger partial charge in [0.25, 0.3) is 0 Å². The summed E-state index contributed by atoms with van der Waals surface area (Å²) in [5, 5.41) is 5.87. The number of carbonyl (C=O) groups is 2. The van der Waals surface area contributed by atoms with Crippen LogP contribution >= 0.6 is 0 Å². The van der Waals surface area contributed by atoms with E-state index in [-0.39, 0.29) is 12.0 Å². The molecule has 30 heavy (non-hydrogen) atoms. The van der Waals surface area contributed by atoms with E-state index in [1.54, 1.807) is 39.2 Å². The summed E-state index contributed by atoms with van der Waals surface area (Å²) in [6.07, 6.45) is 6.05. The molecule has 3 rings (SSSR count). The monoisotopic (exact) mass is 409 g/mol. The molecule has 158 valence electrons. The third-order valence-electron chi connectivity index (χ3n) is 4.33. The zero-order valence-corrected chi connectivity index (χ0v) is 17.9. The number of ether oxygens (including phenoxy) is 1. The van der Waals surface area contributed by atoms with E-state index in [0.29, 0.717) is 12.2 Å². The highest BCUT2D eigenvalue weighted by Crippen LogP contribution is 2.24. The van der Waals surface area contributed by atoms with Crippen molar-refractivity contribution in [3.63, 3.8) is 0 Å². The molecule has 0 saturated heterocycles. The third kappa shape index (κ3) is 5.34. The molecule has 3 aromatic rings. The van der Waals surface area contributed by atoms with Crippen LogP contribution in [0.5, 0.6) is 5.75 Å². The zero-order valence-electron chi connectivity index (χ0n) is 17.9. The molecule has 0 radical (unpaired) electrons. The van der Waals surface area contributed by atoms with Crippen LogP contribution in [0.2, 0.25) is 0 Å². The smallest absolute Gasteiger partial charge is 0.327 e. The Morgan fingerprint density at radius 3 is 2.57 bits per heavy atom. The first kappa shape index (κ1) is 21.3. The molecule has 3 N–H and O–H groups in total. The molecule has 0 aliphatic carbocycles. The van der Waals surface area contributed by atoms with Crippen molar-refractivity contribution in [2.24, 2.45) is 5.41 Å². The van der Waals surface area contributed by atoms with Crippen molar-refractivity contribution in [3.8, 4) is 5.75 Å². The summed E-state index contributed by atoms with van der Waals surface area (Å²) < 4.78 is 5.74. The Morgan fingerprint density at radius 1 is 1.17 bits per heavy atom. The number of hydrogen-bond acceptors (Lipinski definition) is 5. The standard InChI is InChI=1S/C22H27N5O3/c1-13(2)30-16-9-17-15(11-24-19(17)25-12-16)8-14-6-7-18(23-10-14)26-21(29)27-20(28)22(3,4)5/h6-7,9-13H,8H2,1-5H3,(H,24,25)(H2,23,26,27,28,29). The van der Waals surface area contributed by atoms with Crippen LogP contribution in [-0.4, -0.2) is 33.0 Å². The highest BCUT2D eigenvalue weighted by atomic mass is 16.5. The lowest BCUT2D eigenvalue weighted by Gasteiger charge is -2.16. The number of anilines is 1. The second kappa shape index (κ2) is 8.52. The lowest BCUT2D eigenvalue weighted by Crippen LogP contribution is -2.41. The van der Waals surface area contributed by atoms with Crippen LogP contribution in [0.15, 0.2) is 36.8 Å². The fraction of sp³-hybridized carbons (Fsp3) is 0.364. The van der Waals surface area contributed by atoms with E-state index in [2.05, 4.69) is 25.6 Å². The first-order valence-corrected chi connectivity index (χ1v) is 9.82. The van der Waals surface area contributed by atoms with Crippen LogP contribution < -0.4 is 15.4 Å². The van der Waals surface area contributed by atoms with E-state index in [4.69, 9.17) is 4.74 Å². The van der Waals surface area contributed by atoms with Crippen molar-refractivity contribution in [1.82, 2.24) is 20.3 Å². The second-order valence-corrected chi connectivity index (χ2v) is 8.43. The van der Waals surface area contributed by atoms with E-state index in [1.165, 1.54) is 0 Å². The van der Waals surface area contributed by atoms with Gasteiger partial charge in [-0.25, -0.2) is 14.8 Å². The maximum Gasteiger partial charge on any atom is 0.327 e. The average molecular weight is 409 g/mol. The fourth-order valence-corrected chi connectivity index (χ4v) is 2.78. The molecule has 0 aromatic carbocycles. The van der Waals surface area contributed by atoms with Gasteiger partial charge in [0, 0.05) is 29.6 Å². The van der Waals surface area contributed by atoms with Gasteiger partial charge in [-0.05, 0) is 37.1 Å². The Kier molecular flexibility index (Phi) is 6.05. The van der Waals surface area contributed by atoms with Gasteiger partial charge in [0.2, 0.25) is 5.91 Å². The minimum absolute atomic E-state index is 0.0757. The predicted molar refractivity (Wildman–Crippen MR) is 116 cm³/mol. The number of hydrogen-bond donors (Lipinski definition) is 3. The number of rotatable bonds is 5. The van der Waals surface area contributed by atoms with Crippen molar-refractivity contribution in [3.05, 3.63) is 47.9 Å². The molecule has 0 atom stereocenters. The molecule has 0 bridgehead atoms. The van der Waals surface area contributed by atoms with Gasteiger partial charge in [-0.2, -0.15) is 0 Å². The Labute approximate surface area is 175 Å². The molecular formula is C22H27N5O3. The molecule has 0 fully saturated rings. The first-order valence-electron chi connectivity index (χ1n) is 9.82. The summed E-state index contributed by atoms with van der Waals surface area (Å²) in [7, 11) is 0. The number of amides is 3. The quantitative estimate of drug-likeness (QED) is 0.589. The number of nitrogens with zero attached hydrogens (tertiary/aromatic N) is 2. The van der Waals surface area contributed by atoms with E-state index in [9.17, 15) is 9.59 Å². The van der Waals surface area contributed by atoms with Crippen molar-refractivity contribution in [2.45, 2.75) is 47.1 Å². The molecule has 0 unspecified atom stereocenters. The summed E-state index contributed by atoms with van der Waals surface area (Å²) in [5.74, 6) is 0.739. The third-order valence-corrected chi connectivity index (χ3v) is 4.33. The summed E-state index contributed by atoms with van der Waals surface area (Å²) in [6, 6.07) is 4.97. The Balaban J connectivity index is 1.67. The first-order chi connectivity index (χ1) is 14.1. The number of H-pyrrole nitrogens is 1.